The van der Waals surface area contributed by atoms with Crippen molar-refractivity contribution in [3.8, 4) is 0 Å². The first-order valence-electron chi connectivity index (χ1n) is 5.79. The number of rotatable bonds is 5. The highest BCUT2D eigenvalue weighted by Crippen LogP contribution is 2.21. The van der Waals surface area contributed by atoms with E-state index in [1.54, 1.807) is 36.4 Å². The Bertz CT molecular complexity index is 733. The SMILES string of the molecule is C=COS(=O)(=O)c1ccccc1C(=O)c1ccccc1. The quantitative estimate of drug-likeness (QED) is 0.482. The van der Waals surface area contributed by atoms with Crippen molar-refractivity contribution in [2.24, 2.45) is 0 Å². The normalized spacial score (nSPS) is 10.8. The smallest absolute Gasteiger partial charge is 0.339 e. The summed E-state index contributed by atoms with van der Waals surface area (Å²) in [4.78, 5) is 12.2. The molecule has 0 aliphatic carbocycles. The number of carbonyl (C=O) groups excluding carboxylic acids is 1. The van der Waals surface area contributed by atoms with Gasteiger partial charge in [-0.25, -0.2) is 0 Å². The van der Waals surface area contributed by atoms with Crippen LogP contribution in [0.1, 0.15) is 15.9 Å². The van der Waals surface area contributed by atoms with Gasteiger partial charge in [0.05, 0.1) is 6.26 Å². The van der Waals surface area contributed by atoms with Crippen LogP contribution in [0.25, 0.3) is 0 Å². The molecule has 0 spiro atoms. The summed E-state index contributed by atoms with van der Waals surface area (Å²) >= 11 is 0. The second kappa shape index (κ2) is 5.71. The lowest BCUT2D eigenvalue weighted by Gasteiger charge is -2.08. The van der Waals surface area contributed by atoms with Crippen molar-refractivity contribution in [3.63, 3.8) is 0 Å². The molecule has 0 atom stereocenters. The van der Waals surface area contributed by atoms with Crippen molar-refractivity contribution in [1.82, 2.24) is 0 Å². The van der Waals surface area contributed by atoms with E-state index in [4.69, 9.17) is 0 Å². The molecule has 20 heavy (non-hydrogen) atoms. The molecule has 0 fully saturated rings. The van der Waals surface area contributed by atoms with Crippen molar-refractivity contribution in [3.05, 3.63) is 78.6 Å². The predicted octanol–water partition coefficient (Wildman–Crippen LogP) is 2.77. The van der Waals surface area contributed by atoms with Crippen LogP contribution in [0.4, 0.5) is 0 Å². The Morgan fingerprint density at radius 2 is 1.60 bits per heavy atom. The van der Waals surface area contributed by atoms with Gasteiger partial charge in [-0.15, -0.1) is 0 Å². The maximum absolute atomic E-state index is 12.4. The first-order chi connectivity index (χ1) is 9.56. The van der Waals surface area contributed by atoms with Gasteiger partial charge in [-0.2, -0.15) is 8.42 Å². The third kappa shape index (κ3) is 2.78. The summed E-state index contributed by atoms with van der Waals surface area (Å²) < 4.78 is 28.4. The molecule has 102 valence electrons. The molecular weight excluding hydrogens is 276 g/mol. The van der Waals surface area contributed by atoms with Crippen molar-refractivity contribution in [2.75, 3.05) is 0 Å². The molecule has 2 aromatic carbocycles. The molecule has 0 saturated heterocycles. The number of hydrogen-bond donors (Lipinski definition) is 0. The summed E-state index contributed by atoms with van der Waals surface area (Å²) in [5.74, 6) is -0.377. The van der Waals surface area contributed by atoms with Gasteiger partial charge < -0.3 is 4.18 Å². The minimum Gasteiger partial charge on any atom is -0.388 e. The number of ketones is 1. The molecule has 0 aliphatic heterocycles. The molecule has 0 N–H and O–H groups in total. The first-order valence-corrected chi connectivity index (χ1v) is 7.20. The molecule has 0 heterocycles. The molecule has 0 unspecified atom stereocenters. The van der Waals surface area contributed by atoms with Crippen molar-refractivity contribution >= 4 is 15.9 Å². The zero-order valence-electron chi connectivity index (χ0n) is 10.5. The fourth-order valence-corrected chi connectivity index (χ4v) is 2.72. The highest BCUT2D eigenvalue weighted by atomic mass is 32.2. The van der Waals surface area contributed by atoms with Gasteiger partial charge in [0.1, 0.15) is 4.90 Å². The average molecular weight is 288 g/mol. The molecular formula is C15H12O4S. The van der Waals surface area contributed by atoms with Gasteiger partial charge in [0.15, 0.2) is 5.78 Å². The van der Waals surface area contributed by atoms with E-state index in [1.807, 2.05) is 0 Å². The van der Waals surface area contributed by atoms with Crippen LogP contribution in [0.15, 0.2) is 72.3 Å². The molecule has 0 radical (unpaired) electrons. The lowest BCUT2D eigenvalue weighted by Crippen LogP contribution is -2.11. The zero-order valence-corrected chi connectivity index (χ0v) is 11.3. The number of benzene rings is 2. The van der Waals surface area contributed by atoms with E-state index < -0.39 is 10.1 Å². The van der Waals surface area contributed by atoms with E-state index >= 15 is 0 Å². The Morgan fingerprint density at radius 1 is 1.00 bits per heavy atom. The standard InChI is InChI=1S/C15H12O4S/c1-2-19-20(17,18)14-11-7-6-10-13(14)15(16)12-8-4-3-5-9-12/h2-11H,1H2. The van der Waals surface area contributed by atoms with Crippen molar-refractivity contribution < 1.29 is 17.4 Å². The Kier molecular flexibility index (Phi) is 4.00. The van der Waals surface area contributed by atoms with Gasteiger partial charge in [-0.05, 0) is 12.1 Å². The highest BCUT2D eigenvalue weighted by molar-refractivity contribution is 7.87. The van der Waals surface area contributed by atoms with Gasteiger partial charge in [-0.1, -0.05) is 49.0 Å². The third-order valence-electron chi connectivity index (χ3n) is 2.63. The maximum Gasteiger partial charge on any atom is 0.339 e. The average Bonchev–Trinajstić information content (AvgIpc) is 2.47. The Labute approximate surface area is 117 Å². The van der Waals surface area contributed by atoms with Crippen molar-refractivity contribution in [2.45, 2.75) is 4.90 Å². The second-order valence-corrected chi connectivity index (χ2v) is 5.45. The fraction of sp³-hybridized carbons (Fsp3) is 0. The van der Waals surface area contributed by atoms with Crippen LogP contribution in [-0.4, -0.2) is 14.2 Å². The summed E-state index contributed by atoms with van der Waals surface area (Å²) in [5, 5.41) is 0. The van der Waals surface area contributed by atoms with Gasteiger partial charge >= 0.3 is 10.1 Å². The molecule has 2 rings (SSSR count). The maximum atomic E-state index is 12.4. The molecule has 5 heteroatoms. The molecule has 4 nitrogen and oxygen atoms in total. The molecule has 0 aromatic heterocycles. The van der Waals surface area contributed by atoms with Crippen LogP contribution in [0, 0.1) is 0 Å². The van der Waals surface area contributed by atoms with Crippen molar-refractivity contribution in [1.29, 1.82) is 0 Å². The van der Waals surface area contributed by atoms with Crippen LogP contribution in [0.5, 0.6) is 0 Å². The van der Waals surface area contributed by atoms with E-state index in [0.717, 1.165) is 6.26 Å². The second-order valence-electron chi connectivity index (χ2n) is 3.91. The summed E-state index contributed by atoms with van der Waals surface area (Å²) in [6.07, 6.45) is 0.819. The Hall–Kier alpha value is -2.40. The minimum atomic E-state index is -4.03. The molecule has 0 amide bonds. The topological polar surface area (TPSA) is 60.4 Å². The van der Waals surface area contributed by atoms with E-state index in [2.05, 4.69) is 10.8 Å². The molecule has 0 saturated carbocycles. The van der Waals surface area contributed by atoms with Crippen LogP contribution >= 0.6 is 0 Å². The lowest BCUT2D eigenvalue weighted by molar-refractivity contribution is 0.103. The largest absolute Gasteiger partial charge is 0.388 e. The van der Waals surface area contributed by atoms with Crippen LogP contribution in [-0.2, 0) is 14.3 Å². The summed E-state index contributed by atoms with van der Waals surface area (Å²) in [5.41, 5.74) is 0.481. The van der Waals surface area contributed by atoms with Gasteiger partial charge in [0.2, 0.25) is 0 Å². The molecule has 0 aliphatic rings. The number of hydrogen-bond acceptors (Lipinski definition) is 4. The summed E-state index contributed by atoms with van der Waals surface area (Å²) in [6.45, 7) is 3.22. The summed E-state index contributed by atoms with van der Waals surface area (Å²) in [6, 6.07) is 14.4. The first kappa shape index (κ1) is 14.0. The monoisotopic (exact) mass is 288 g/mol. The van der Waals surface area contributed by atoms with Crippen LogP contribution in [0.2, 0.25) is 0 Å². The Morgan fingerprint density at radius 3 is 2.25 bits per heavy atom. The van der Waals surface area contributed by atoms with Gasteiger partial charge in [0.25, 0.3) is 0 Å². The highest BCUT2D eigenvalue weighted by Gasteiger charge is 2.23. The summed E-state index contributed by atoms with van der Waals surface area (Å²) in [7, 11) is -4.03. The minimum absolute atomic E-state index is 0.0700. The third-order valence-corrected chi connectivity index (χ3v) is 3.92. The van der Waals surface area contributed by atoms with E-state index in [-0.39, 0.29) is 16.2 Å². The fourth-order valence-electron chi connectivity index (χ4n) is 1.76. The van der Waals surface area contributed by atoms with Crippen LogP contribution < -0.4 is 0 Å². The van der Waals surface area contributed by atoms with Crippen LogP contribution in [0.3, 0.4) is 0 Å². The van der Waals surface area contributed by atoms with Gasteiger partial charge in [0, 0.05) is 11.1 Å². The molecule has 0 bridgehead atoms. The Balaban J connectivity index is 2.54. The molecule has 2 aromatic rings. The van der Waals surface area contributed by atoms with E-state index in [1.165, 1.54) is 18.2 Å². The lowest BCUT2D eigenvalue weighted by atomic mass is 10.0. The number of carbonyl (C=O) groups is 1. The predicted molar refractivity (Wildman–Crippen MR) is 74.8 cm³/mol. The van der Waals surface area contributed by atoms with Gasteiger partial charge in [-0.3, -0.25) is 4.79 Å². The van der Waals surface area contributed by atoms with E-state index in [9.17, 15) is 13.2 Å². The zero-order chi connectivity index (χ0) is 14.6. The van der Waals surface area contributed by atoms with E-state index in [0.29, 0.717) is 5.56 Å².